The summed E-state index contributed by atoms with van der Waals surface area (Å²) >= 11 is 2.02. The Morgan fingerprint density at radius 1 is 1.35 bits per heavy atom. The molecule has 90 valence electrons. The van der Waals surface area contributed by atoms with Crippen LogP contribution < -0.4 is 5.32 Å². The predicted octanol–water partition coefficient (Wildman–Crippen LogP) is 3.50. The third-order valence-electron chi connectivity index (χ3n) is 3.47. The highest BCUT2D eigenvalue weighted by Crippen LogP contribution is 2.35. The van der Waals surface area contributed by atoms with Gasteiger partial charge in [-0.15, -0.1) is 0 Å². The first-order valence-corrected chi connectivity index (χ1v) is 7.12. The van der Waals surface area contributed by atoms with Crippen molar-refractivity contribution < 1.29 is 0 Å². The van der Waals surface area contributed by atoms with Crippen LogP contribution in [0, 0.1) is 16.7 Å². The molecule has 0 bridgehead atoms. The molecule has 1 heterocycles. The Hall–Kier alpha value is -1.14. The second-order valence-electron chi connectivity index (χ2n) is 5.20. The Bertz CT molecular complexity index is 417. The topological polar surface area (TPSA) is 35.8 Å². The minimum Gasteiger partial charge on any atom is -0.381 e. The van der Waals surface area contributed by atoms with Crippen LogP contribution in [0.2, 0.25) is 0 Å². The first-order chi connectivity index (χ1) is 8.12. The molecule has 1 aromatic carbocycles. The molecule has 0 amide bonds. The van der Waals surface area contributed by atoms with Gasteiger partial charge in [-0.3, -0.25) is 0 Å². The van der Waals surface area contributed by atoms with Crippen LogP contribution in [-0.2, 0) is 0 Å². The Balaban J connectivity index is 2.06. The van der Waals surface area contributed by atoms with Gasteiger partial charge in [0.05, 0.1) is 11.6 Å². The van der Waals surface area contributed by atoms with Gasteiger partial charge in [0.2, 0.25) is 0 Å². The maximum Gasteiger partial charge on any atom is 0.0991 e. The van der Waals surface area contributed by atoms with E-state index in [-0.39, 0.29) is 0 Å². The molecule has 0 aliphatic carbocycles. The van der Waals surface area contributed by atoms with Crippen molar-refractivity contribution in [3.8, 4) is 6.07 Å². The van der Waals surface area contributed by atoms with E-state index in [0.717, 1.165) is 11.4 Å². The van der Waals surface area contributed by atoms with Crippen molar-refractivity contribution in [1.29, 1.82) is 5.26 Å². The van der Waals surface area contributed by atoms with Crippen LogP contribution in [0.1, 0.15) is 25.8 Å². The summed E-state index contributed by atoms with van der Waals surface area (Å²) in [5.41, 5.74) is 2.18. The average molecular weight is 246 g/mol. The highest BCUT2D eigenvalue weighted by Gasteiger charge is 2.32. The zero-order chi connectivity index (χ0) is 12.3. The number of hydrogen-bond donors (Lipinski definition) is 1. The zero-order valence-corrected chi connectivity index (χ0v) is 11.2. The van der Waals surface area contributed by atoms with E-state index < -0.39 is 0 Å². The van der Waals surface area contributed by atoms with E-state index in [1.807, 2.05) is 36.0 Å². The fraction of sp³-hybridized carbons (Fsp3) is 0.500. The molecule has 0 radical (unpaired) electrons. The highest BCUT2D eigenvalue weighted by atomic mass is 32.2. The summed E-state index contributed by atoms with van der Waals surface area (Å²) < 4.78 is 0. The minimum absolute atomic E-state index is 0.346. The van der Waals surface area contributed by atoms with Crippen molar-refractivity contribution in [2.24, 2.45) is 5.41 Å². The van der Waals surface area contributed by atoms with Gasteiger partial charge in [0.25, 0.3) is 0 Å². The number of nitrogens with one attached hydrogen (secondary N) is 1. The molecule has 2 nitrogen and oxygen atoms in total. The van der Waals surface area contributed by atoms with E-state index in [1.165, 1.54) is 12.2 Å². The van der Waals surface area contributed by atoms with Crippen LogP contribution in [0.15, 0.2) is 24.3 Å². The van der Waals surface area contributed by atoms with Gasteiger partial charge >= 0.3 is 0 Å². The van der Waals surface area contributed by atoms with Crippen molar-refractivity contribution in [1.82, 2.24) is 0 Å². The standard InChI is InChI=1S/C14H18N2S/c1-14(2)7-8-17-10-13(14)16-12-5-3-11(9-15)4-6-12/h3-6,13,16H,7-8,10H2,1-2H3. The fourth-order valence-corrected chi connectivity index (χ4v) is 3.62. The molecule has 1 unspecified atom stereocenters. The summed E-state index contributed by atoms with van der Waals surface area (Å²) in [4.78, 5) is 0. The Kier molecular flexibility index (Phi) is 3.63. The third kappa shape index (κ3) is 2.95. The molecule has 1 aliphatic rings. The molecule has 3 heteroatoms. The highest BCUT2D eigenvalue weighted by molar-refractivity contribution is 7.99. The lowest BCUT2D eigenvalue weighted by Crippen LogP contribution is -2.41. The van der Waals surface area contributed by atoms with Crippen LogP contribution >= 0.6 is 11.8 Å². The molecule has 0 spiro atoms. The molecule has 0 aromatic heterocycles. The fourth-order valence-electron chi connectivity index (χ4n) is 2.02. The average Bonchev–Trinajstić information content (AvgIpc) is 2.33. The molecule has 1 saturated heterocycles. The van der Waals surface area contributed by atoms with Crippen LogP contribution in [0.5, 0.6) is 0 Å². The van der Waals surface area contributed by atoms with Crippen molar-refractivity contribution in [3.05, 3.63) is 29.8 Å². The minimum atomic E-state index is 0.346. The van der Waals surface area contributed by atoms with Crippen molar-refractivity contribution in [2.45, 2.75) is 26.3 Å². The van der Waals surface area contributed by atoms with Crippen LogP contribution in [0.3, 0.4) is 0 Å². The number of anilines is 1. The smallest absolute Gasteiger partial charge is 0.0991 e. The van der Waals surface area contributed by atoms with Crippen molar-refractivity contribution >= 4 is 17.4 Å². The Morgan fingerprint density at radius 3 is 2.65 bits per heavy atom. The monoisotopic (exact) mass is 246 g/mol. The van der Waals surface area contributed by atoms with Gasteiger partial charge in [-0.05, 0) is 41.9 Å². The molecule has 2 rings (SSSR count). The largest absolute Gasteiger partial charge is 0.381 e. The quantitative estimate of drug-likeness (QED) is 0.867. The lowest BCUT2D eigenvalue weighted by molar-refractivity contribution is 0.305. The van der Waals surface area contributed by atoms with Crippen molar-refractivity contribution in [2.75, 3.05) is 16.8 Å². The number of thioether (sulfide) groups is 1. The van der Waals surface area contributed by atoms with Gasteiger partial charge in [-0.25, -0.2) is 0 Å². The summed E-state index contributed by atoms with van der Waals surface area (Å²) in [6, 6.07) is 10.4. The number of nitrogens with zero attached hydrogens (tertiary/aromatic N) is 1. The summed E-state index contributed by atoms with van der Waals surface area (Å²) in [5, 5.41) is 12.4. The first-order valence-electron chi connectivity index (χ1n) is 5.96. The lowest BCUT2D eigenvalue weighted by atomic mass is 9.82. The van der Waals surface area contributed by atoms with Crippen LogP contribution in [0.4, 0.5) is 5.69 Å². The van der Waals surface area contributed by atoms with E-state index in [2.05, 4.69) is 25.2 Å². The SMILES string of the molecule is CC1(C)CCSCC1Nc1ccc(C#N)cc1. The summed E-state index contributed by atoms with van der Waals surface area (Å²) in [6.45, 7) is 4.65. The third-order valence-corrected chi connectivity index (χ3v) is 4.54. The number of rotatable bonds is 2. The van der Waals surface area contributed by atoms with Gasteiger partial charge in [0.1, 0.15) is 0 Å². The first kappa shape index (κ1) is 12.3. The maximum atomic E-state index is 8.76. The molecular formula is C14H18N2S. The van der Waals surface area contributed by atoms with Crippen molar-refractivity contribution in [3.63, 3.8) is 0 Å². The molecule has 1 fully saturated rings. The molecule has 1 aliphatic heterocycles. The zero-order valence-electron chi connectivity index (χ0n) is 10.4. The number of benzene rings is 1. The Labute approximate surface area is 107 Å². The van der Waals surface area contributed by atoms with Gasteiger partial charge in [0.15, 0.2) is 0 Å². The molecule has 0 saturated carbocycles. The molecule has 1 N–H and O–H groups in total. The summed E-state index contributed by atoms with van der Waals surface area (Å²) in [7, 11) is 0. The number of nitriles is 1. The van der Waals surface area contributed by atoms with Gasteiger partial charge < -0.3 is 5.32 Å². The van der Waals surface area contributed by atoms with E-state index in [0.29, 0.717) is 17.0 Å². The van der Waals surface area contributed by atoms with E-state index in [9.17, 15) is 0 Å². The maximum absolute atomic E-state index is 8.76. The second-order valence-corrected chi connectivity index (χ2v) is 6.35. The van der Waals surface area contributed by atoms with Gasteiger partial charge in [-0.1, -0.05) is 13.8 Å². The van der Waals surface area contributed by atoms with Crippen LogP contribution in [0.25, 0.3) is 0 Å². The normalized spacial score (nSPS) is 22.8. The summed E-state index contributed by atoms with van der Waals surface area (Å²) in [5.74, 6) is 2.42. The molecule has 17 heavy (non-hydrogen) atoms. The molecular weight excluding hydrogens is 228 g/mol. The van der Waals surface area contributed by atoms with Gasteiger partial charge in [0, 0.05) is 17.5 Å². The van der Waals surface area contributed by atoms with E-state index in [4.69, 9.17) is 5.26 Å². The predicted molar refractivity (Wildman–Crippen MR) is 74.3 cm³/mol. The second kappa shape index (κ2) is 5.01. The summed E-state index contributed by atoms with van der Waals surface area (Å²) in [6.07, 6.45) is 1.26. The molecule has 1 atom stereocenters. The molecule has 1 aromatic rings. The number of hydrogen-bond acceptors (Lipinski definition) is 3. The van der Waals surface area contributed by atoms with E-state index in [1.54, 1.807) is 0 Å². The van der Waals surface area contributed by atoms with Gasteiger partial charge in [-0.2, -0.15) is 17.0 Å². The van der Waals surface area contributed by atoms with Crippen LogP contribution in [-0.4, -0.2) is 17.5 Å². The Morgan fingerprint density at radius 2 is 2.06 bits per heavy atom. The van der Waals surface area contributed by atoms with E-state index >= 15 is 0 Å². The lowest BCUT2D eigenvalue weighted by Gasteiger charge is -2.39.